The van der Waals surface area contributed by atoms with Gasteiger partial charge in [0.25, 0.3) is 0 Å². The highest BCUT2D eigenvalue weighted by molar-refractivity contribution is 6.11. The van der Waals surface area contributed by atoms with E-state index in [4.69, 9.17) is 0 Å². The van der Waals surface area contributed by atoms with Gasteiger partial charge in [0.2, 0.25) is 0 Å². The van der Waals surface area contributed by atoms with Crippen molar-refractivity contribution in [2.24, 2.45) is 0 Å². The number of hydrogen-bond donors (Lipinski definition) is 0. The van der Waals surface area contributed by atoms with Gasteiger partial charge in [-0.05, 0) is 189 Å². The minimum Gasteiger partial charge on any atom is -0.372 e. The lowest BCUT2D eigenvalue weighted by atomic mass is 10.1. The smallest absolute Gasteiger partial charge is 0.189 e. The van der Waals surface area contributed by atoms with E-state index < -0.39 is 0 Å². The van der Waals surface area contributed by atoms with Gasteiger partial charge < -0.3 is 29.4 Å². The average molecular weight is 811 g/mol. The van der Waals surface area contributed by atoms with Crippen LogP contribution in [-0.2, 0) is 0 Å². The third kappa shape index (κ3) is 8.43. The monoisotopic (exact) mass is 811 g/mol. The van der Waals surface area contributed by atoms with Crippen LogP contribution in [0.1, 0.15) is 55.4 Å². The molecule has 314 valence electrons. The minimum absolute atomic E-state index is 0.880. The zero-order valence-corrected chi connectivity index (χ0v) is 37.4. The molecule has 8 heteroatoms. The van der Waals surface area contributed by atoms with Crippen molar-refractivity contribution in [1.82, 2.24) is 4.57 Å². The van der Waals surface area contributed by atoms with Gasteiger partial charge >= 0.3 is 0 Å². The number of anilines is 10. The third-order valence-electron chi connectivity index (χ3n) is 12.3. The molecule has 0 atom stereocenters. The van der Waals surface area contributed by atoms with Crippen LogP contribution in [0.2, 0.25) is 0 Å². The van der Waals surface area contributed by atoms with Crippen LogP contribution >= 0.6 is 0 Å². The molecule has 0 amide bonds. The van der Waals surface area contributed by atoms with E-state index in [1.807, 2.05) is 0 Å². The number of hydrogen-bond acceptors (Lipinski definition) is 7. The van der Waals surface area contributed by atoms with E-state index in [9.17, 15) is 5.26 Å². The lowest BCUT2D eigenvalue weighted by Gasteiger charge is -2.28. The lowest BCUT2D eigenvalue weighted by Crippen LogP contribution is -2.22. The van der Waals surface area contributed by atoms with Gasteiger partial charge in [0.15, 0.2) is 6.19 Å². The number of benzene rings is 6. The summed E-state index contributed by atoms with van der Waals surface area (Å²) in [5.74, 6) is 0. The standard InChI is InChI=1S/C53H62N8/c1-9-55(10-2)40-17-25-44(26-18-40)60(45-27-19-41(20-28-45)56(11-3)12-4)48-33-35-52-50(37-48)51-38-49(34-36-53(51)59(52)39-54)61(46-29-21-42(22-30-46)57(13-5)14-6)47-31-23-43(24-32-47)58(15-7)16-8/h17-38H,9-16H2,1-8H3. The molecule has 0 radical (unpaired) electrons. The highest BCUT2D eigenvalue weighted by atomic mass is 15.2. The highest BCUT2D eigenvalue weighted by Crippen LogP contribution is 2.43. The van der Waals surface area contributed by atoms with Crippen LogP contribution in [-0.4, -0.2) is 56.9 Å². The quantitative estimate of drug-likeness (QED) is 0.0855. The molecule has 1 heterocycles. The van der Waals surface area contributed by atoms with E-state index in [2.05, 4.69) is 224 Å². The second-order valence-corrected chi connectivity index (χ2v) is 15.3. The van der Waals surface area contributed by atoms with Gasteiger partial charge in [-0.1, -0.05) is 0 Å². The summed E-state index contributed by atoms with van der Waals surface area (Å²) in [7, 11) is 0. The average Bonchev–Trinajstić information content (AvgIpc) is 3.62. The fourth-order valence-electron chi connectivity index (χ4n) is 8.88. The van der Waals surface area contributed by atoms with Crippen LogP contribution in [0.3, 0.4) is 0 Å². The van der Waals surface area contributed by atoms with Gasteiger partial charge in [-0.25, -0.2) is 4.57 Å². The molecule has 7 rings (SSSR count). The van der Waals surface area contributed by atoms with Gasteiger partial charge in [0.1, 0.15) is 0 Å². The number of fused-ring (bicyclic) bond motifs is 3. The number of aromatic nitrogens is 1. The normalized spacial score (nSPS) is 11.1. The number of nitriles is 1. The molecule has 1 aromatic heterocycles. The fraction of sp³-hybridized carbons (Fsp3) is 0.302. The summed E-state index contributed by atoms with van der Waals surface area (Å²) >= 11 is 0. The zero-order chi connectivity index (χ0) is 43.0. The van der Waals surface area contributed by atoms with Crippen LogP contribution in [0, 0.1) is 11.5 Å². The molecular weight excluding hydrogens is 749 g/mol. The van der Waals surface area contributed by atoms with Crippen molar-refractivity contribution in [2.45, 2.75) is 55.4 Å². The minimum atomic E-state index is 0.880. The topological polar surface area (TPSA) is 48.2 Å². The van der Waals surface area contributed by atoms with Gasteiger partial charge in [-0.3, -0.25) is 0 Å². The molecule has 0 aliphatic heterocycles. The SMILES string of the molecule is CCN(CC)c1ccc(N(c2ccc(N(CC)CC)cc2)c2ccc3c(c2)c2cc(N(c4ccc(N(CC)CC)cc4)c4ccc(N(CC)CC)cc4)ccc2n3C#N)cc1. The van der Waals surface area contributed by atoms with Crippen LogP contribution < -0.4 is 29.4 Å². The van der Waals surface area contributed by atoms with Crippen molar-refractivity contribution in [3.05, 3.63) is 133 Å². The Labute approximate surface area is 364 Å². The summed E-state index contributed by atoms with van der Waals surface area (Å²) in [6, 6.07) is 48.6. The molecule has 0 fully saturated rings. The van der Waals surface area contributed by atoms with Gasteiger partial charge in [-0.15, -0.1) is 0 Å². The Bertz CT molecular complexity index is 2250. The molecule has 0 bridgehead atoms. The Balaban J connectivity index is 1.39. The van der Waals surface area contributed by atoms with Gasteiger partial charge in [0, 0.05) is 120 Å². The Hall–Kier alpha value is -6.59. The predicted octanol–water partition coefficient (Wildman–Crippen LogP) is 13.4. The summed E-state index contributed by atoms with van der Waals surface area (Å²) in [6.07, 6.45) is 2.50. The van der Waals surface area contributed by atoms with E-state index in [1.54, 1.807) is 4.57 Å². The Kier molecular flexibility index (Phi) is 13.4. The fourth-order valence-corrected chi connectivity index (χ4v) is 8.88. The summed E-state index contributed by atoms with van der Waals surface area (Å²) in [5.41, 5.74) is 12.9. The maximum absolute atomic E-state index is 10.6. The van der Waals surface area contributed by atoms with Crippen LogP contribution in [0.15, 0.2) is 133 Å². The second-order valence-electron chi connectivity index (χ2n) is 15.3. The molecule has 0 spiro atoms. The Morgan fingerprint density at radius 2 is 0.541 bits per heavy atom. The van der Waals surface area contributed by atoms with E-state index in [1.165, 1.54) is 22.7 Å². The number of nitrogens with zero attached hydrogens (tertiary/aromatic N) is 8. The molecule has 7 aromatic rings. The first-order chi connectivity index (χ1) is 29.8. The Morgan fingerprint density at radius 1 is 0.328 bits per heavy atom. The van der Waals surface area contributed by atoms with Crippen LogP contribution in [0.5, 0.6) is 0 Å². The molecule has 0 aliphatic rings. The molecule has 8 nitrogen and oxygen atoms in total. The summed E-state index contributed by atoms with van der Waals surface area (Å²) in [5, 5.41) is 12.7. The molecule has 6 aromatic carbocycles. The molecule has 61 heavy (non-hydrogen) atoms. The maximum atomic E-state index is 10.6. The maximum Gasteiger partial charge on any atom is 0.189 e. The molecule has 0 aliphatic carbocycles. The second kappa shape index (κ2) is 19.2. The number of rotatable bonds is 18. The predicted molar refractivity (Wildman–Crippen MR) is 264 cm³/mol. The lowest BCUT2D eigenvalue weighted by molar-refractivity contribution is 0.866. The van der Waals surface area contributed by atoms with Crippen molar-refractivity contribution in [2.75, 3.05) is 81.8 Å². The molecule has 0 saturated heterocycles. The first-order valence-corrected chi connectivity index (χ1v) is 22.3. The van der Waals surface area contributed by atoms with Crippen molar-refractivity contribution in [3.8, 4) is 6.19 Å². The van der Waals surface area contributed by atoms with Crippen LogP contribution in [0.4, 0.5) is 56.9 Å². The van der Waals surface area contributed by atoms with Crippen molar-refractivity contribution in [3.63, 3.8) is 0 Å². The summed E-state index contributed by atoms with van der Waals surface area (Å²) < 4.78 is 1.77. The molecule has 0 saturated carbocycles. The van der Waals surface area contributed by atoms with E-state index in [0.29, 0.717) is 0 Å². The van der Waals surface area contributed by atoms with Gasteiger partial charge in [-0.2, -0.15) is 5.26 Å². The zero-order valence-electron chi connectivity index (χ0n) is 37.4. The first kappa shape index (κ1) is 42.5. The summed E-state index contributed by atoms with van der Waals surface area (Å²) in [6.45, 7) is 25.2. The molecular formula is C53H62N8. The Morgan fingerprint density at radius 3 is 0.754 bits per heavy atom. The van der Waals surface area contributed by atoms with Crippen molar-refractivity contribution < 1.29 is 0 Å². The van der Waals surface area contributed by atoms with Crippen molar-refractivity contribution in [1.29, 1.82) is 5.26 Å². The first-order valence-electron chi connectivity index (χ1n) is 22.3. The van der Waals surface area contributed by atoms with Gasteiger partial charge in [0.05, 0.1) is 11.0 Å². The molecule has 0 N–H and O–H groups in total. The summed E-state index contributed by atoms with van der Waals surface area (Å²) in [4.78, 5) is 14.1. The van der Waals surface area contributed by atoms with E-state index >= 15 is 0 Å². The van der Waals surface area contributed by atoms with Crippen LogP contribution in [0.25, 0.3) is 21.8 Å². The third-order valence-corrected chi connectivity index (χ3v) is 12.3. The molecule has 0 unspecified atom stereocenters. The largest absolute Gasteiger partial charge is 0.372 e. The highest BCUT2D eigenvalue weighted by Gasteiger charge is 2.21. The van der Waals surface area contributed by atoms with E-state index in [-0.39, 0.29) is 0 Å². The van der Waals surface area contributed by atoms with E-state index in [0.717, 1.165) is 108 Å². The van der Waals surface area contributed by atoms with Crippen molar-refractivity contribution >= 4 is 78.7 Å².